The van der Waals surface area contributed by atoms with Gasteiger partial charge in [0.25, 0.3) is 0 Å². The van der Waals surface area contributed by atoms with E-state index in [1.165, 1.54) is 12.1 Å². The first-order valence-electron chi connectivity index (χ1n) is 11.2. The quantitative estimate of drug-likeness (QED) is 0.331. The van der Waals surface area contributed by atoms with Crippen molar-refractivity contribution in [1.82, 2.24) is 9.78 Å². The van der Waals surface area contributed by atoms with Crippen LogP contribution in [0.3, 0.4) is 0 Å². The van der Waals surface area contributed by atoms with Gasteiger partial charge in [0.2, 0.25) is 0 Å². The van der Waals surface area contributed by atoms with E-state index >= 15 is 0 Å². The zero-order valence-electron chi connectivity index (χ0n) is 19.2. The summed E-state index contributed by atoms with van der Waals surface area (Å²) in [5, 5.41) is 14.2. The Kier molecular flexibility index (Phi) is 7.07. The van der Waals surface area contributed by atoms with E-state index in [-0.39, 0.29) is 12.2 Å². The van der Waals surface area contributed by atoms with Gasteiger partial charge in [0, 0.05) is 11.1 Å². The summed E-state index contributed by atoms with van der Waals surface area (Å²) in [6.07, 6.45) is -0.0903. The van der Waals surface area contributed by atoms with Gasteiger partial charge >= 0.3 is 5.97 Å². The van der Waals surface area contributed by atoms with E-state index in [1.807, 2.05) is 53.2 Å². The smallest absolute Gasteiger partial charge is 0.307 e. The molecular weight excluding hydrogens is 431 g/mol. The molecule has 0 fully saturated rings. The van der Waals surface area contributed by atoms with E-state index in [1.54, 1.807) is 18.2 Å². The molecule has 1 aromatic heterocycles. The Morgan fingerprint density at radius 2 is 1.74 bits per heavy atom. The fourth-order valence-electron chi connectivity index (χ4n) is 3.72. The summed E-state index contributed by atoms with van der Waals surface area (Å²) in [6.45, 7) is 5.20. The summed E-state index contributed by atoms with van der Waals surface area (Å²) in [5.41, 5.74) is 4.81. The average Bonchev–Trinajstić information content (AvgIpc) is 3.22. The van der Waals surface area contributed by atoms with Crippen molar-refractivity contribution in [1.29, 1.82) is 0 Å². The minimum Gasteiger partial charge on any atom is -0.493 e. The number of hydrogen-bond acceptors (Lipinski definition) is 3. The molecule has 0 atom stereocenters. The summed E-state index contributed by atoms with van der Waals surface area (Å²) in [6, 6.07) is 23.6. The highest BCUT2D eigenvalue weighted by atomic mass is 19.1. The molecule has 0 bridgehead atoms. The monoisotopic (exact) mass is 458 g/mol. The lowest BCUT2D eigenvalue weighted by Gasteiger charge is -2.13. The molecule has 6 heteroatoms. The summed E-state index contributed by atoms with van der Waals surface area (Å²) in [7, 11) is 0. The lowest BCUT2D eigenvalue weighted by molar-refractivity contribution is -0.136. The molecule has 0 spiro atoms. The Labute approximate surface area is 198 Å². The molecule has 0 aliphatic rings. The average molecular weight is 459 g/mol. The third-order valence-electron chi connectivity index (χ3n) is 5.34. The number of aromatic nitrogens is 2. The molecule has 0 radical (unpaired) electrons. The number of halogens is 1. The summed E-state index contributed by atoms with van der Waals surface area (Å²) in [4.78, 5) is 11.3. The van der Waals surface area contributed by atoms with Crippen LogP contribution in [-0.4, -0.2) is 27.5 Å². The topological polar surface area (TPSA) is 64.3 Å². The van der Waals surface area contributed by atoms with Crippen molar-refractivity contribution in [2.24, 2.45) is 5.92 Å². The van der Waals surface area contributed by atoms with Gasteiger partial charge in [0.1, 0.15) is 11.6 Å². The highest BCUT2D eigenvalue weighted by Gasteiger charge is 2.17. The maximum absolute atomic E-state index is 13.6. The molecule has 4 rings (SSSR count). The molecule has 0 saturated heterocycles. The van der Waals surface area contributed by atoms with Gasteiger partial charge in [-0.2, -0.15) is 5.10 Å². The van der Waals surface area contributed by atoms with Crippen LogP contribution >= 0.6 is 0 Å². The lowest BCUT2D eigenvalue weighted by Crippen LogP contribution is -2.07. The number of rotatable bonds is 9. The zero-order chi connectivity index (χ0) is 24.1. The van der Waals surface area contributed by atoms with Gasteiger partial charge in [0.05, 0.1) is 31.0 Å². The Hall–Kier alpha value is -3.93. The van der Waals surface area contributed by atoms with Crippen LogP contribution in [0.4, 0.5) is 4.39 Å². The Balaban J connectivity index is 1.82. The highest BCUT2D eigenvalue weighted by Crippen LogP contribution is 2.34. The number of carboxylic acid groups (broad SMARTS) is 1. The lowest BCUT2D eigenvalue weighted by atomic mass is 10.0. The van der Waals surface area contributed by atoms with Gasteiger partial charge in [-0.05, 0) is 59.5 Å². The van der Waals surface area contributed by atoms with Crippen molar-refractivity contribution in [2.45, 2.75) is 26.8 Å². The predicted octanol–water partition coefficient (Wildman–Crippen LogP) is 6.07. The van der Waals surface area contributed by atoms with Crippen molar-refractivity contribution in [3.05, 3.63) is 95.8 Å². The number of benzene rings is 3. The maximum Gasteiger partial charge on any atom is 0.307 e. The molecule has 174 valence electrons. The third-order valence-corrected chi connectivity index (χ3v) is 5.34. The standard InChI is InChI=1S/C28H27FN2O3/c1-19(2)18-34-27-13-8-21(15-28(32)33)14-24(27)25-16-26(22-9-11-23(29)12-10-22)31(30-25)17-20-6-4-3-5-7-20/h3-14,16,19H,15,17-18H2,1-2H3,(H,32,33). The van der Waals surface area contributed by atoms with Crippen LogP contribution in [0.1, 0.15) is 25.0 Å². The fraction of sp³-hybridized carbons (Fsp3) is 0.214. The fourth-order valence-corrected chi connectivity index (χ4v) is 3.72. The minimum atomic E-state index is -0.900. The van der Waals surface area contributed by atoms with E-state index < -0.39 is 5.97 Å². The molecule has 5 nitrogen and oxygen atoms in total. The summed E-state index contributed by atoms with van der Waals surface area (Å²) in [5.74, 6) is -0.220. The number of carbonyl (C=O) groups is 1. The zero-order valence-corrected chi connectivity index (χ0v) is 19.2. The van der Waals surface area contributed by atoms with Crippen molar-refractivity contribution in [3.63, 3.8) is 0 Å². The number of aliphatic carboxylic acids is 1. The third kappa shape index (κ3) is 5.70. The number of ether oxygens (including phenoxy) is 1. The van der Waals surface area contributed by atoms with Crippen LogP contribution in [0.25, 0.3) is 22.5 Å². The summed E-state index contributed by atoms with van der Waals surface area (Å²) >= 11 is 0. The second-order valence-corrected chi connectivity index (χ2v) is 8.67. The second kappa shape index (κ2) is 10.3. The molecule has 1 heterocycles. The van der Waals surface area contributed by atoms with Crippen LogP contribution in [0, 0.1) is 11.7 Å². The van der Waals surface area contributed by atoms with Gasteiger partial charge < -0.3 is 9.84 Å². The molecule has 34 heavy (non-hydrogen) atoms. The number of hydrogen-bond donors (Lipinski definition) is 1. The molecule has 0 saturated carbocycles. The molecule has 0 unspecified atom stereocenters. The predicted molar refractivity (Wildman–Crippen MR) is 130 cm³/mol. The molecule has 0 aliphatic carbocycles. The van der Waals surface area contributed by atoms with Gasteiger partial charge in [-0.1, -0.05) is 50.2 Å². The molecule has 4 aromatic rings. The molecule has 1 N–H and O–H groups in total. The van der Waals surface area contributed by atoms with Crippen LogP contribution in [0.2, 0.25) is 0 Å². The number of nitrogens with zero attached hydrogens (tertiary/aromatic N) is 2. The van der Waals surface area contributed by atoms with Crippen molar-refractivity contribution < 1.29 is 19.0 Å². The van der Waals surface area contributed by atoms with Crippen molar-refractivity contribution in [2.75, 3.05) is 6.61 Å². The molecular formula is C28H27FN2O3. The minimum absolute atomic E-state index is 0.0903. The van der Waals surface area contributed by atoms with E-state index in [0.29, 0.717) is 36.1 Å². The Bertz CT molecular complexity index is 1260. The second-order valence-electron chi connectivity index (χ2n) is 8.67. The van der Waals surface area contributed by atoms with Gasteiger partial charge in [-0.3, -0.25) is 9.48 Å². The first-order chi connectivity index (χ1) is 16.4. The molecule has 0 aliphatic heterocycles. The first-order valence-corrected chi connectivity index (χ1v) is 11.2. The van der Waals surface area contributed by atoms with E-state index in [0.717, 1.165) is 22.4 Å². The van der Waals surface area contributed by atoms with E-state index in [2.05, 4.69) is 13.8 Å². The number of carboxylic acids is 1. The van der Waals surface area contributed by atoms with Gasteiger partial charge in [0.15, 0.2) is 0 Å². The maximum atomic E-state index is 13.6. The van der Waals surface area contributed by atoms with E-state index in [9.17, 15) is 14.3 Å². The van der Waals surface area contributed by atoms with Crippen molar-refractivity contribution >= 4 is 5.97 Å². The molecule has 3 aromatic carbocycles. The summed E-state index contributed by atoms with van der Waals surface area (Å²) < 4.78 is 21.5. The molecule has 0 amide bonds. The largest absolute Gasteiger partial charge is 0.493 e. The highest BCUT2D eigenvalue weighted by molar-refractivity contribution is 5.76. The normalized spacial score (nSPS) is 11.1. The Morgan fingerprint density at radius 3 is 2.41 bits per heavy atom. The van der Waals surface area contributed by atoms with E-state index in [4.69, 9.17) is 9.84 Å². The van der Waals surface area contributed by atoms with Gasteiger partial charge in [-0.15, -0.1) is 0 Å². The Morgan fingerprint density at radius 1 is 1.00 bits per heavy atom. The van der Waals surface area contributed by atoms with Crippen LogP contribution in [-0.2, 0) is 17.8 Å². The van der Waals surface area contributed by atoms with Crippen LogP contribution in [0.5, 0.6) is 5.75 Å². The SMILES string of the molecule is CC(C)COc1ccc(CC(=O)O)cc1-c1cc(-c2ccc(F)cc2)n(Cc2ccccc2)n1. The van der Waals surface area contributed by atoms with Crippen LogP contribution in [0.15, 0.2) is 78.9 Å². The first kappa shape index (κ1) is 23.2. The van der Waals surface area contributed by atoms with Gasteiger partial charge in [-0.25, -0.2) is 4.39 Å². The van der Waals surface area contributed by atoms with Crippen molar-refractivity contribution in [3.8, 4) is 28.3 Å². The van der Waals surface area contributed by atoms with Crippen LogP contribution < -0.4 is 4.74 Å².